The molecule has 0 atom stereocenters. The van der Waals surface area contributed by atoms with Crippen LogP contribution in [0, 0.1) is 11.3 Å². The fourth-order valence-corrected chi connectivity index (χ4v) is 5.64. The van der Waals surface area contributed by atoms with E-state index in [4.69, 9.17) is 9.47 Å². The molecule has 36 heavy (non-hydrogen) atoms. The Labute approximate surface area is 214 Å². The second kappa shape index (κ2) is 11.7. The Balaban J connectivity index is 1.96. The summed E-state index contributed by atoms with van der Waals surface area (Å²) in [5.74, 6) is 0.0738. The largest absolute Gasteiger partial charge is 0.480 e. The normalized spacial score (nSPS) is 25.2. The number of hydrogen-bond donors (Lipinski definition) is 0. The molecule has 9 heteroatoms. The maximum Gasteiger partial charge on any atom is 0.325 e. The van der Waals surface area contributed by atoms with E-state index in [0.717, 1.165) is 32.1 Å². The lowest BCUT2D eigenvalue weighted by molar-refractivity contribution is 0.0227. The van der Waals surface area contributed by atoms with Gasteiger partial charge in [0.15, 0.2) is 0 Å². The van der Waals surface area contributed by atoms with Gasteiger partial charge in [-0.1, -0.05) is 30.3 Å². The van der Waals surface area contributed by atoms with Crippen LogP contribution < -0.4 is 0 Å². The molecule has 1 saturated carbocycles. The van der Waals surface area contributed by atoms with Crippen molar-refractivity contribution in [2.45, 2.75) is 50.1 Å². The molecule has 0 radical (unpaired) electrons. The van der Waals surface area contributed by atoms with Crippen molar-refractivity contribution in [3.63, 3.8) is 0 Å². The van der Waals surface area contributed by atoms with Gasteiger partial charge >= 0.3 is 6.03 Å². The van der Waals surface area contributed by atoms with Crippen molar-refractivity contribution in [1.82, 2.24) is 14.7 Å². The minimum Gasteiger partial charge on any atom is -0.480 e. The minimum absolute atomic E-state index is 0.0736. The number of amidine groups is 1. The molecule has 0 N–H and O–H groups in total. The highest BCUT2D eigenvalue weighted by Gasteiger charge is 2.54. The van der Waals surface area contributed by atoms with Gasteiger partial charge in [-0.3, -0.25) is 9.80 Å². The van der Waals surface area contributed by atoms with E-state index in [9.17, 15) is 10.1 Å². The SMILES string of the molecule is C=NC(C#N)=N/C(OC)=C(\C)N1CC2(CCC(c3ccccc3)(N(C)C)CC2)N(CCCOC)C1=O. The van der Waals surface area contributed by atoms with Crippen molar-refractivity contribution in [3.05, 3.63) is 47.5 Å². The molecular weight excluding hydrogens is 456 g/mol. The van der Waals surface area contributed by atoms with Gasteiger partial charge in [-0.25, -0.2) is 9.79 Å². The van der Waals surface area contributed by atoms with Gasteiger partial charge in [-0.15, -0.1) is 0 Å². The van der Waals surface area contributed by atoms with E-state index < -0.39 is 0 Å². The summed E-state index contributed by atoms with van der Waals surface area (Å²) >= 11 is 0. The molecule has 1 aromatic carbocycles. The highest BCUT2D eigenvalue weighted by molar-refractivity contribution is 5.99. The third kappa shape index (κ3) is 5.15. The number of carbonyl (C=O) groups is 1. The van der Waals surface area contributed by atoms with Crippen LogP contribution in [0.5, 0.6) is 0 Å². The number of carbonyl (C=O) groups excluding carboxylic acids is 1. The Kier molecular flexibility index (Phi) is 8.88. The first-order valence-corrected chi connectivity index (χ1v) is 12.3. The van der Waals surface area contributed by atoms with Crippen molar-refractivity contribution in [2.24, 2.45) is 9.98 Å². The van der Waals surface area contributed by atoms with Gasteiger partial charge in [0.1, 0.15) is 6.07 Å². The second-order valence-electron chi connectivity index (χ2n) is 9.68. The second-order valence-corrected chi connectivity index (χ2v) is 9.68. The summed E-state index contributed by atoms with van der Waals surface area (Å²) in [5.41, 5.74) is 1.48. The topological polar surface area (TPSA) is 93.8 Å². The summed E-state index contributed by atoms with van der Waals surface area (Å²) in [6.07, 6.45) is 4.36. The van der Waals surface area contributed by atoms with Crippen molar-refractivity contribution >= 4 is 18.6 Å². The molecule has 9 nitrogen and oxygen atoms in total. The van der Waals surface area contributed by atoms with Crippen LogP contribution >= 0.6 is 0 Å². The number of aliphatic imine (C=N–C) groups is 2. The lowest BCUT2D eigenvalue weighted by Gasteiger charge is -2.51. The van der Waals surface area contributed by atoms with E-state index in [0.29, 0.717) is 25.4 Å². The summed E-state index contributed by atoms with van der Waals surface area (Å²) in [5, 5.41) is 9.22. The van der Waals surface area contributed by atoms with Crippen LogP contribution in [0.1, 0.15) is 44.6 Å². The van der Waals surface area contributed by atoms with Crippen LogP contribution in [0.4, 0.5) is 4.79 Å². The molecule has 3 rings (SSSR count). The average Bonchev–Trinajstić information content (AvgIpc) is 3.16. The van der Waals surface area contributed by atoms with E-state index in [2.05, 4.69) is 60.0 Å². The summed E-state index contributed by atoms with van der Waals surface area (Å²) in [6.45, 7) is 6.91. The number of ether oxygens (including phenoxy) is 2. The predicted octanol–water partition coefficient (Wildman–Crippen LogP) is 3.99. The Morgan fingerprint density at radius 3 is 2.39 bits per heavy atom. The summed E-state index contributed by atoms with van der Waals surface area (Å²) < 4.78 is 10.7. The maximum atomic E-state index is 13.8. The number of urea groups is 1. The van der Waals surface area contributed by atoms with Crippen molar-refractivity contribution < 1.29 is 14.3 Å². The Morgan fingerprint density at radius 1 is 1.19 bits per heavy atom. The lowest BCUT2D eigenvalue weighted by atomic mass is 9.68. The highest BCUT2D eigenvalue weighted by Crippen LogP contribution is 2.49. The highest BCUT2D eigenvalue weighted by atomic mass is 16.5. The van der Waals surface area contributed by atoms with Gasteiger partial charge in [0.05, 0.1) is 24.9 Å². The van der Waals surface area contributed by atoms with Crippen LogP contribution in [0.2, 0.25) is 0 Å². The number of nitrogens with zero attached hydrogens (tertiary/aromatic N) is 6. The molecule has 194 valence electrons. The first kappa shape index (κ1) is 27.4. The molecule has 1 spiro atoms. The summed E-state index contributed by atoms with van der Waals surface area (Å²) in [6, 6.07) is 12.5. The standard InChI is InChI=1S/C27H38N6O3/c1-21(24(36-6)30-23(19-28)29-2)32-20-26(33(25(32)34)17-10-18-35-5)13-15-27(16-14-26,31(3)4)22-11-8-7-9-12-22/h7-9,11-12H,2,10,13-18,20H2,1,3-6H3/b24-21-,30-23?. The Bertz CT molecular complexity index is 1040. The zero-order valence-corrected chi connectivity index (χ0v) is 22.2. The quantitative estimate of drug-likeness (QED) is 0.224. The van der Waals surface area contributed by atoms with Crippen molar-refractivity contribution in [1.29, 1.82) is 5.26 Å². The summed E-state index contributed by atoms with van der Waals surface area (Å²) in [4.78, 5) is 27.7. The van der Waals surface area contributed by atoms with Gasteiger partial charge in [-0.05, 0) is 65.4 Å². The number of amides is 2. The molecule has 0 bridgehead atoms. The number of nitriles is 1. The first-order valence-electron chi connectivity index (χ1n) is 12.3. The third-order valence-corrected chi connectivity index (χ3v) is 7.76. The molecule has 1 aromatic rings. The predicted molar refractivity (Wildman–Crippen MR) is 141 cm³/mol. The third-order valence-electron chi connectivity index (χ3n) is 7.76. The number of hydrogen-bond acceptors (Lipinski definition) is 6. The van der Waals surface area contributed by atoms with Crippen LogP contribution in [0.3, 0.4) is 0 Å². The van der Waals surface area contributed by atoms with E-state index in [1.54, 1.807) is 18.9 Å². The number of rotatable bonds is 9. The van der Waals surface area contributed by atoms with Crippen LogP contribution in [-0.4, -0.2) is 86.8 Å². The zero-order valence-electron chi connectivity index (χ0n) is 22.2. The monoisotopic (exact) mass is 494 g/mol. The van der Waals surface area contributed by atoms with Crippen LogP contribution in [0.15, 0.2) is 51.9 Å². The molecule has 1 saturated heterocycles. The number of benzene rings is 1. The fourth-order valence-electron chi connectivity index (χ4n) is 5.64. The molecular formula is C27H38N6O3. The number of methoxy groups -OCH3 is 2. The molecule has 1 heterocycles. The van der Waals surface area contributed by atoms with Gasteiger partial charge in [0.25, 0.3) is 0 Å². The molecule has 1 aliphatic heterocycles. The van der Waals surface area contributed by atoms with E-state index in [-0.39, 0.29) is 28.8 Å². The smallest absolute Gasteiger partial charge is 0.325 e. The minimum atomic E-state index is -0.308. The van der Waals surface area contributed by atoms with E-state index >= 15 is 0 Å². The average molecular weight is 495 g/mol. The van der Waals surface area contributed by atoms with E-state index in [1.807, 2.05) is 17.0 Å². The zero-order chi connectivity index (χ0) is 26.3. The molecule has 1 aliphatic carbocycles. The van der Waals surface area contributed by atoms with Crippen molar-refractivity contribution in [2.75, 3.05) is 48.0 Å². The van der Waals surface area contributed by atoms with Crippen LogP contribution in [0.25, 0.3) is 0 Å². The van der Waals surface area contributed by atoms with Crippen LogP contribution in [-0.2, 0) is 15.0 Å². The Morgan fingerprint density at radius 2 is 1.86 bits per heavy atom. The van der Waals surface area contributed by atoms with Crippen molar-refractivity contribution in [3.8, 4) is 6.07 Å². The van der Waals surface area contributed by atoms with Gasteiger partial charge in [0.2, 0.25) is 11.7 Å². The fraction of sp³-hybridized carbons (Fsp3) is 0.556. The summed E-state index contributed by atoms with van der Waals surface area (Å²) in [7, 11) is 7.43. The number of allylic oxidation sites excluding steroid dienone is 1. The van der Waals surface area contributed by atoms with Gasteiger partial charge < -0.3 is 14.4 Å². The van der Waals surface area contributed by atoms with E-state index in [1.165, 1.54) is 12.7 Å². The Hall–Kier alpha value is -3.22. The van der Waals surface area contributed by atoms with Gasteiger partial charge in [-0.2, -0.15) is 10.3 Å². The molecule has 0 unspecified atom stereocenters. The maximum absolute atomic E-state index is 13.8. The molecule has 0 aromatic heterocycles. The van der Waals surface area contributed by atoms with Gasteiger partial charge in [0, 0.05) is 25.8 Å². The lowest BCUT2D eigenvalue weighted by Crippen LogP contribution is -2.55. The molecule has 2 amide bonds. The molecule has 2 fully saturated rings. The molecule has 2 aliphatic rings. The first-order chi connectivity index (χ1) is 17.3.